The minimum atomic E-state index is -4.52. The number of aliphatic imine (C=N–C) groups is 1. The van der Waals surface area contributed by atoms with Crippen LogP contribution < -0.4 is 16.8 Å². The molecule has 0 aliphatic heterocycles. The van der Waals surface area contributed by atoms with Crippen LogP contribution in [0.4, 0.5) is 0 Å². The summed E-state index contributed by atoms with van der Waals surface area (Å²) in [7, 11) is -9.04. The Morgan fingerprint density at radius 1 is 1.13 bits per heavy atom. The fraction of sp³-hybridized carbons (Fsp3) is 0.778. The highest BCUT2D eigenvalue weighted by atomic mass is 31.2. The number of nitrogens with two attached hydrogens (primary N) is 2. The van der Waals surface area contributed by atoms with E-state index in [-0.39, 0.29) is 18.9 Å². The second-order valence-electron chi connectivity index (χ2n) is 4.89. The van der Waals surface area contributed by atoms with E-state index in [0.29, 0.717) is 6.42 Å². The molecule has 136 valence electrons. The molecule has 0 fully saturated rings. The van der Waals surface area contributed by atoms with Crippen LogP contribution in [0.15, 0.2) is 4.99 Å². The van der Waals surface area contributed by atoms with E-state index in [9.17, 15) is 13.9 Å². The van der Waals surface area contributed by atoms with Crippen LogP contribution in [0.1, 0.15) is 12.8 Å². The molecule has 0 aliphatic carbocycles. The van der Waals surface area contributed by atoms with Gasteiger partial charge in [-0.3, -0.25) is 18.9 Å². The first-order valence-electron chi connectivity index (χ1n) is 6.44. The van der Waals surface area contributed by atoms with Crippen LogP contribution >= 0.6 is 15.2 Å². The summed E-state index contributed by atoms with van der Waals surface area (Å²) >= 11 is 0. The third-order valence-electron chi connectivity index (χ3n) is 2.54. The van der Waals surface area contributed by atoms with Crippen LogP contribution in [-0.4, -0.2) is 67.6 Å². The monoisotopic (exact) mass is 376 g/mol. The molecular weight excluding hydrogens is 354 g/mol. The molecular formula is C9H22N4O8P2. The SMILES string of the molecule is NC(=NCCCC(N)C(=O)O)NC(CP(=O)(O)O)CP(=O)(O)O. The number of carboxylic acids is 1. The molecule has 0 heterocycles. The van der Waals surface area contributed by atoms with Gasteiger partial charge in [0.15, 0.2) is 5.96 Å². The largest absolute Gasteiger partial charge is 0.480 e. The Bertz CT molecular complexity index is 492. The maximum Gasteiger partial charge on any atom is 0.327 e. The summed E-state index contributed by atoms with van der Waals surface area (Å²) in [6.07, 6.45) is -1.19. The summed E-state index contributed by atoms with van der Waals surface area (Å²) < 4.78 is 21.9. The van der Waals surface area contributed by atoms with Crippen molar-refractivity contribution in [3.05, 3.63) is 0 Å². The predicted molar refractivity (Wildman–Crippen MR) is 82.1 cm³/mol. The number of nitrogens with one attached hydrogen (secondary N) is 1. The molecule has 14 heteroatoms. The Labute approximate surface area is 132 Å². The lowest BCUT2D eigenvalue weighted by Gasteiger charge is -2.20. The average Bonchev–Trinajstić information content (AvgIpc) is 2.29. The number of guanidine groups is 1. The maximum absolute atomic E-state index is 11.0. The van der Waals surface area contributed by atoms with Gasteiger partial charge < -0.3 is 41.5 Å². The van der Waals surface area contributed by atoms with Crippen molar-refractivity contribution in [3.63, 3.8) is 0 Å². The van der Waals surface area contributed by atoms with E-state index in [4.69, 9.17) is 36.1 Å². The summed E-state index contributed by atoms with van der Waals surface area (Å²) in [5.74, 6) is -1.41. The first kappa shape index (κ1) is 22.0. The quantitative estimate of drug-likeness (QED) is 0.0883. The van der Waals surface area contributed by atoms with E-state index in [1.54, 1.807) is 0 Å². The standard InChI is InChI=1S/C9H22N4O8P2/c10-7(8(14)15)2-1-3-12-9(11)13-6(4-22(16,17)18)5-23(19,20)21/h6-7H,1-5,10H2,(H,14,15)(H3,11,12,13)(H2,16,17,18)(H2,19,20,21). The van der Waals surface area contributed by atoms with Crippen molar-refractivity contribution in [2.45, 2.75) is 24.9 Å². The summed E-state index contributed by atoms with van der Waals surface area (Å²) in [6.45, 7) is 0.0956. The minimum Gasteiger partial charge on any atom is -0.480 e. The van der Waals surface area contributed by atoms with Gasteiger partial charge in [-0.2, -0.15) is 0 Å². The fourth-order valence-electron chi connectivity index (χ4n) is 1.61. The Kier molecular flexibility index (Phi) is 8.93. The van der Waals surface area contributed by atoms with Gasteiger partial charge in [0.05, 0.1) is 18.4 Å². The van der Waals surface area contributed by atoms with Gasteiger partial charge in [-0.1, -0.05) is 0 Å². The molecule has 0 bridgehead atoms. The molecule has 0 aromatic heterocycles. The number of nitrogens with zero attached hydrogens (tertiary/aromatic N) is 1. The van der Waals surface area contributed by atoms with Crippen molar-refractivity contribution in [1.82, 2.24) is 5.32 Å². The number of aliphatic carboxylic acids is 1. The lowest BCUT2D eigenvalue weighted by atomic mass is 10.2. The Morgan fingerprint density at radius 3 is 2.00 bits per heavy atom. The highest BCUT2D eigenvalue weighted by molar-refractivity contribution is 7.53. The van der Waals surface area contributed by atoms with Crippen LogP contribution in [-0.2, 0) is 13.9 Å². The lowest BCUT2D eigenvalue weighted by molar-refractivity contribution is -0.138. The van der Waals surface area contributed by atoms with E-state index >= 15 is 0 Å². The van der Waals surface area contributed by atoms with Crippen molar-refractivity contribution in [2.24, 2.45) is 16.5 Å². The maximum atomic E-state index is 11.0. The molecule has 0 saturated carbocycles. The minimum absolute atomic E-state index is 0.0956. The zero-order valence-electron chi connectivity index (χ0n) is 12.1. The molecule has 0 aromatic carbocycles. The Morgan fingerprint density at radius 2 is 1.61 bits per heavy atom. The number of rotatable bonds is 10. The van der Waals surface area contributed by atoms with E-state index in [1.165, 1.54) is 0 Å². The normalized spacial score (nSPS) is 14.8. The molecule has 23 heavy (non-hydrogen) atoms. The van der Waals surface area contributed by atoms with E-state index in [0.717, 1.165) is 0 Å². The van der Waals surface area contributed by atoms with Crippen molar-refractivity contribution in [3.8, 4) is 0 Å². The van der Waals surface area contributed by atoms with Gasteiger partial charge >= 0.3 is 21.2 Å². The second kappa shape index (κ2) is 9.33. The van der Waals surface area contributed by atoms with Crippen LogP contribution in [0.25, 0.3) is 0 Å². The van der Waals surface area contributed by atoms with E-state index in [1.807, 2.05) is 0 Å². The van der Waals surface area contributed by atoms with Crippen LogP contribution in [0.3, 0.4) is 0 Å². The zero-order chi connectivity index (χ0) is 18.3. The second-order valence-corrected chi connectivity index (χ2v) is 8.28. The number of carboxylic acid groups (broad SMARTS) is 1. The average molecular weight is 376 g/mol. The highest BCUT2D eigenvalue weighted by Crippen LogP contribution is 2.40. The molecule has 0 aliphatic rings. The molecule has 1 unspecified atom stereocenters. The van der Waals surface area contributed by atoms with Gasteiger partial charge in [-0.25, -0.2) is 0 Å². The number of carbonyl (C=O) groups is 1. The van der Waals surface area contributed by atoms with Crippen molar-refractivity contribution in [1.29, 1.82) is 0 Å². The van der Waals surface area contributed by atoms with Gasteiger partial charge in [0.1, 0.15) is 6.04 Å². The summed E-state index contributed by atoms with van der Waals surface area (Å²) in [5.41, 5.74) is 10.8. The van der Waals surface area contributed by atoms with Crippen molar-refractivity contribution in [2.75, 3.05) is 18.9 Å². The van der Waals surface area contributed by atoms with Gasteiger partial charge in [-0.15, -0.1) is 0 Å². The van der Waals surface area contributed by atoms with Gasteiger partial charge in [0.2, 0.25) is 0 Å². The highest BCUT2D eigenvalue weighted by Gasteiger charge is 2.28. The molecule has 0 saturated heterocycles. The zero-order valence-corrected chi connectivity index (χ0v) is 13.9. The number of hydrogen-bond acceptors (Lipinski definition) is 5. The van der Waals surface area contributed by atoms with Gasteiger partial charge in [-0.05, 0) is 12.8 Å². The molecule has 0 rings (SSSR count). The summed E-state index contributed by atoms with van der Waals surface area (Å²) in [4.78, 5) is 49.8. The molecule has 0 amide bonds. The lowest BCUT2D eigenvalue weighted by Crippen LogP contribution is -2.44. The third kappa shape index (κ3) is 13.2. The molecule has 0 spiro atoms. The van der Waals surface area contributed by atoms with Crippen LogP contribution in [0.5, 0.6) is 0 Å². The third-order valence-corrected chi connectivity index (χ3v) is 4.37. The first-order valence-corrected chi connectivity index (χ1v) is 10.0. The van der Waals surface area contributed by atoms with Crippen molar-refractivity contribution >= 4 is 27.1 Å². The topological polar surface area (TPSA) is 229 Å². The number of hydrogen-bond donors (Lipinski definition) is 8. The molecule has 0 aromatic rings. The molecule has 0 radical (unpaired) electrons. The predicted octanol–water partition coefficient (Wildman–Crippen LogP) is -2.19. The van der Waals surface area contributed by atoms with Gasteiger partial charge in [0.25, 0.3) is 0 Å². The van der Waals surface area contributed by atoms with E-state index < -0.39 is 45.6 Å². The van der Waals surface area contributed by atoms with Crippen molar-refractivity contribution < 1.29 is 38.6 Å². The Balaban J connectivity index is 4.54. The molecule has 12 nitrogen and oxygen atoms in total. The van der Waals surface area contributed by atoms with Crippen LogP contribution in [0, 0.1) is 0 Å². The summed E-state index contributed by atoms with van der Waals surface area (Å²) in [5, 5.41) is 10.9. The van der Waals surface area contributed by atoms with Crippen LogP contribution in [0.2, 0.25) is 0 Å². The smallest absolute Gasteiger partial charge is 0.327 e. The van der Waals surface area contributed by atoms with Gasteiger partial charge in [0, 0.05) is 6.54 Å². The molecule has 1 atom stereocenters. The summed E-state index contributed by atoms with van der Waals surface area (Å²) in [6, 6.07) is -2.29. The fourth-order valence-corrected chi connectivity index (χ4v) is 3.40. The first-order chi connectivity index (χ1) is 10.3. The van der Waals surface area contributed by atoms with E-state index in [2.05, 4.69) is 10.3 Å². The Hall–Kier alpha value is -1.00. The molecule has 10 N–H and O–H groups in total.